The maximum absolute atomic E-state index is 11.9. The fourth-order valence-electron chi connectivity index (χ4n) is 1.86. The molecule has 112 valence electrons. The third-order valence-corrected chi connectivity index (χ3v) is 3.76. The molecule has 0 aliphatic heterocycles. The van der Waals surface area contributed by atoms with Crippen LogP contribution in [0.5, 0.6) is 0 Å². The number of thioether (sulfide) groups is 1. The lowest BCUT2D eigenvalue weighted by Gasteiger charge is -2.14. The van der Waals surface area contributed by atoms with Gasteiger partial charge in [0.15, 0.2) is 0 Å². The molecule has 0 atom stereocenters. The van der Waals surface area contributed by atoms with E-state index in [1.165, 1.54) is 11.8 Å². The van der Waals surface area contributed by atoms with E-state index in [0.717, 1.165) is 22.0 Å². The van der Waals surface area contributed by atoms with Crippen LogP contribution in [0, 0.1) is 0 Å². The number of nitrogens with one attached hydrogen (secondary N) is 3. The topological polar surface area (TPSA) is 82.7 Å². The molecule has 6 nitrogen and oxygen atoms in total. The number of hydrogen-bond donors (Lipinski definition) is 3. The molecular weight excluding hydrogens is 286 g/mol. The first kappa shape index (κ1) is 15.4. The lowest BCUT2D eigenvalue weighted by atomic mass is 10.0. The van der Waals surface area contributed by atoms with Crippen LogP contribution in [0.3, 0.4) is 0 Å². The summed E-state index contributed by atoms with van der Waals surface area (Å²) in [7, 11) is 0. The zero-order chi connectivity index (χ0) is 15.1. The first-order valence-electron chi connectivity index (χ1n) is 6.79. The summed E-state index contributed by atoms with van der Waals surface area (Å²) in [6.07, 6.45) is 1.66. The van der Waals surface area contributed by atoms with Gasteiger partial charge in [0, 0.05) is 18.0 Å². The highest BCUT2D eigenvalue weighted by Gasteiger charge is 2.08. The number of para-hydroxylation sites is 1. The minimum Gasteiger partial charge on any atom is -0.337 e. The number of rotatable bonds is 6. The summed E-state index contributed by atoms with van der Waals surface area (Å²) in [5.74, 6) is 1.11. The first-order valence-corrected chi connectivity index (χ1v) is 7.77. The molecule has 21 heavy (non-hydrogen) atoms. The molecule has 0 saturated carbocycles. The van der Waals surface area contributed by atoms with Crippen molar-refractivity contribution in [3.63, 3.8) is 0 Å². The number of urea groups is 1. The van der Waals surface area contributed by atoms with E-state index in [1.54, 1.807) is 6.20 Å². The Hall–Kier alpha value is -2.02. The van der Waals surface area contributed by atoms with Crippen LogP contribution in [-0.4, -0.2) is 33.7 Å². The molecule has 0 aliphatic carbocycles. The molecule has 0 unspecified atom stereocenters. The molecule has 0 saturated heterocycles. The minimum atomic E-state index is -0.191. The van der Waals surface area contributed by atoms with Crippen molar-refractivity contribution in [3.8, 4) is 0 Å². The first-order chi connectivity index (χ1) is 10.2. The van der Waals surface area contributed by atoms with Gasteiger partial charge in [0.05, 0.1) is 6.20 Å². The molecule has 1 aromatic carbocycles. The molecule has 3 N–H and O–H groups in total. The molecule has 7 heteroatoms. The van der Waals surface area contributed by atoms with E-state index >= 15 is 0 Å². The van der Waals surface area contributed by atoms with E-state index in [2.05, 4.69) is 39.9 Å². The van der Waals surface area contributed by atoms with E-state index in [-0.39, 0.29) is 6.03 Å². The van der Waals surface area contributed by atoms with Gasteiger partial charge in [-0.25, -0.2) is 4.79 Å². The molecular formula is C14H19N5OS. The Kier molecular flexibility index (Phi) is 5.62. The summed E-state index contributed by atoms with van der Waals surface area (Å²) >= 11 is 1.54. The Balaban J connectivity index is 1.77. The standard InChI is InChI=1S/C14H19N5OS/c1-10(2)11-5-3-4-6-12(11)17-14(20)15-7-8-21-13-9-16-19-18-13/h3-6,9-10H,7-8H2,1-2H3,(H2,15,17,20)(H,16,18,19). The quantitative estimate of drug-likeness (QED) is 0.566. The van der Waals surface area contributed by atoms with Crippen molar-refractivity contribution < 1.29 is 4.79 Å². The Morgan fingerprint density at radius 2 is 2.19 bits per heavy atom. The van der Waals surface area contributed by atoms with E-state index in [0.29, 0.717) is 12.5 Å². The van der Waals surface area contributed by atoms with E-state index in [9.17, 15) is 4.79 Å². The van der Waals surface area contributed by atoms with Crippen molar-refractivity contribution in [2.45, 2.75) is 24.8 Å². The number of carbonyl (C=O) groups excluding carboxylic acids is 1. The number of H-pyrrole nitrogens is 1. The number of carbonyl (C=O) groups is 1. The predicted molar refractivity (Wildman–Crippen MR) is 84.7 cm³/mol. The third kappa shape index (κ3) is 4.78. The van der Waals surface area contributed by atoms with Crippen LogP contribution in [0.1, 0.15) is 25.3 Å². The number of amides is 2. The second kappa shape index (κ2) is 7.68. The number of anilines is 1. The zero-order valence-electron chi connectivity index (χ0n) is 12.1. The smallest absolute Gasteiger partial charge is 0.319 e. The number of hydrogen-bond acceptors (Lipinski definition) is 4. The number of aromatic nitrogens is 3. The third-order valence-electron chi connectivity index (χ3n) is 2.86. The average molecular weight is 305 g/mol. The Morgan fingerprint density at radius 3 is 2.90 bits per heavy atom. The van der Waals surface area contributed by atoms with E-state index in [4.69, 9.17) is 0 Å². The van der Waals surface area contributed by atoms with Gasteiger partial charge in [-0.2, -0.15) is 10.3 Å². The van der Waals surface area contributed by atoms with Gasteiger partial charge in [-0.3, -0.25) is 0 Å². The van der Waals surface area contributed by atoms with Crippen molar-refractivity contribution in [3.05, 3.63) is 36.0 Å². The lowest BCUT2D eigenvalue weighted by molar-refractivity contribution is 0.252. The van der Waals surface area contributed by atoms with Crippen LogP contribution in [0.15, 0.2) is 35.5 Å². The van der Waals surface area contributed by atoms with Crippen molar-refractivity contribution in [2.24, 2.45) is 0 Å². The highest BCUT2D eigenvalue weighted by Crippen LogP contribution is 2.23. The maximum atomic E-state index is 11.9. The highest BCUT2D eigenvalue weighted by atomic mass is 32.2. The van der Waals surface area contributed by atoms with Gasteiger partial charge in [-0.15, -0.1) is 16.9 Å². The van der Waals surface area contributed by atoms with Gasteiger partial charge in [-0.05, 0) is 17.5 Å². The van der Waals surface area contributed by atoms with Crippen LogP contribution < -0.4 is 10.6 Å². The Labute approximate surface area is 128 Å². The van der Waals surface area contributed by atoms with Crippen molar-refractivity contribution in [2.75, 3.05) is 17.6 Å². The van der Waals surface area contributed by atoms with Crippen molar-refractivity contribution in [1.29, 1.82) is 0 Å². The van der Waals surface area contributed by atoms with Gasteiger partial charge >= 0.3 is 6.03 Å². The molecule has 0 spiro atoms. The number of nitrogens with zero attached hydrogens (tertiary/aromatic N) is 2. The number of aromatic amines is 1. The Morgan fingerprint density at radius 1 is 1.38 bits per heavy atom. The fraction of sp³-hybridized carbons (Fsp3) is 0.357. The van der Waals surface area contributed by atoms with E-state index in [1.807, 2.05) is 24.3 Å². The molecule has 0 fully saturated rings. The van der Waals surface area contributed by atoms with Crippen LogP contribution in [0.2, 0.25) is 0 Å². The minimum absolute atomic E-state index is 0.191. The van der Waals surface area contributed by atoms with Gasteiger partial charge in [0.1, 0.15) is 5.03 Å². The normalized spacial score (nSPS) is 10.6. The zero-order valence-corrected chi connectivity index (χ0v) is 12.9. The van der Waals surface area contributed by atoms with Crippen LogP contribution in [0.25, 0.3) is 0 Å². The number of benzene rings is 1. The molecule has 2 rings (SSSR count). The van der Waals surface area contributed by atoms with Crippen LogP contribution >= 0.6 is 11.8 Å². The van der Waals surface area contributed by atoms with Crippen LogP contribution in [0.4, 0.5) is 10.5 Å². The van der Waals surface area contributed by atoms with Gasteiger partial charge in [0.2, 0.25) is 0 Å². The Bertz CT molecular complexity index is 571. The van der Waals surface area contributed by atoms with Crippen molar-refractivity contribution >= 4 is 23.5 Å². The fourth-order valence-corrected chi connectivity index (χ4v) is 2.51. The molecule has 1 heterocycles. The summed E-state index contributed by atoms with van der Waals surface area (Å²) in [5.41, 5.74) is 1.98. The summed E-state index contributed by atoms with van der Waals surface area (Å²) < 4.78 is 0. The van der Waals surface area contributed by atoms with Crippen molar-refractivity contribution in [1.82, 2.24) is 20.7 Å². The lowest BCUT2D eigenvalue weighted by Crippen LogP contribution is -2.30. The summed E-state index contributed by atoms with van der Waals surface area (Å²) in [4.78, 5) is 11.9. The second-order valence-electron chi connectivity index (χ2n) is 4.78. The highest BCUT2D eigenvalue weighted by molar-refractivity contribution is 7.99. The second-order valence-corrected chi connectivity index (χ2v) is 5.89. The molecule has 2 amide bonds. The van der Waals surface area contributed by atoms with Crippen LogP contribution in [-0.2, 0) is 0 Å². The predicted octanol–water partition coefficient (Wildman–Crippen LogP) is 2.84. The van der Waals surface area contributed by atoms with Gasteiger partial charge in [-0.1, -0.05) is 32.0 Å². The molecule has 0 bridgehead atoms. The summed E-state index contributed by atoms with van der Waals surface area (Å²) in [5, 5.41) is 16.7. The molecule has 2 aromatic rings. The van der Waals surface area contributed by atoms with E-state index < -0.39 is 0 Å². The van der Waals surface area contributed by atoms with Gasteiger partial charge in [0.25, 0.3) is 0 Å². The summed E-state index contributed by atoms with van der Waals surface area (Å²) in [6.45, 7) is 4.77. The maximum Gasteiger partial charge on any atom is 0.319 e. The summed E-state index contributed by atoms with van der Waals surface area (Å²) in [6, 6.07) is 7.65. The monoisotopic (exact) mass is 305 g/mol. The average Bonchev–Trinajstić information content (AvgIpc) is 2.97. The largest absolute Gasteiger partial charge is 0.337 e. The van der Waals surface area contributed by atoms with Gasteiger partial charge < -0.3 is 10.6 Å². The molecule has 1 aromatic heterocycles. The SMILES string of the molecule is CC(C)c1ccccc1NC(=O)NCCSc1cn[nH]n1. The molecule has 0 radical (unpaired) electrons. The molecule has 0 aliphatic rings.